The molecule has 0 amide bonds. The van der Waals surface area contributed by atoms with Gasteiger partial charge in [-0.1, -0.05) is 12.1 Å². The fraction of sp³-hybridized carbons (Fsp3) is 0.214. The molecule has 1 aromatic carbocycles. The lowest BCUT2D eigenvalue weighted by Gasteiger charge is -2.08. The van der Waals surface area contributed by atoms with Gasteiger partial charge in [0.05, 0.1) is 12.1 Å². The van der Waals surface area contributed by atoms with Crippen molar-refractivity contribution in [3.8, 4) is 0 Å². The van der Waals surface area contributed by atoms with Crippen LogP contribution in [0.1, 0.15) is 22.8 Å². The molecule has 0 aliphatic heterocycles. The van der Waals surface area contributed by atoms with Gasteiger partial charge in [0.25, 0.3) is 5.56 Å². The number of nitrogens with zero attached hydrogens (tertiary/aromatic N) is 2. The monoisotopic (exact) mass is 274 g/mol. The van der Waals surface area contributed by atoms with Crippen LogP contribution in [0.4, 0.5) is 0 Å². The van der Waals surface area contributed by atoms with Crippen molar-refractivity contribution >= 4 is 5.97 Å². The summed E-state index contributed by atoms with van der Waals surface area (Å²) in [4.78, 5) is 34.5. The van der Waals surface area contributed by atoms with Gasteiger partial charge in [-0.05, 0) is 24.6 Å². The molecule has 2 aromatic rings. The molecule has 2 rings (SSSR count). The van der Waals surface area contributed by atoms with Crippen LogP contribution >= 0.6 is 0 Å². The van der Waals surface area contributed by atoms with Gasteiger partial charge in [-0.25, -0.2) is 9.59 Å². The van der Waals surface area contributed by atoms with Crippen molar-refractivity contribution in [2.24, 2.45) is 0 Å². The van der Waals surface area contributed by atoms with Crippen molar-refractivity contribution < 1.29 is 9.90 Å². The molecule has 0 saturated heterocycles. The molecule has 104 valence electrons. The Balaban J connectivity index is 2.37. The zero-order valence-corrected chi connectivity index (χ0v) is 10.9. The zero-order valence-electron chi connectivity index (χ0n) is 10.9. The van der Waals surface area contributed by atoms with Crippen LogP contribution < -0.4 is 11.2 Å². The summed E-state index contributed by atoms with van der Waals surface area (Å²) in [6, 6.07) is 7.43. The molecule has 0 aliphatic rings. The van der Waals surface area contributed by atoms with Gasteiger partial charge in [-0.2, -0.15) is 0 Å². The van der Waals surface area contributed by atoms with Crippen molar-refractivity contribution in [3.63, 3.8) is 0 Å². The molecule has 0 unspecified atom stereocenters. The lowest BCUT2D eigenvalue weighted by molar-refractivity contribution is 0.0697. The highest BCUT2D eigenvalue weighted by atomic mass is 16.4. The molecule has 6 heteroatoms. The van der Waals surface area contributed by atoms with E-state index in [2.05, 4.69) is 0 Å². The number of carbonyl (C=O) groups is 1. The molecule has 0 spiro atoms. The lowest BCUT2D eigenvalue weighted by atomic mass is 10.1. The number of rotatable bonds is 4. The van der Waals surface area contributed by atoms with E-state index in [4.69, 9.17) is 5.11 Å². The number of hydrogen-bond donors (Lipinski definition) is 1. The second kappa shape index (κ2) is 5.56. The summed E-state index contributed by atoms with van der Waals surface area (Å²) in [5, 5.41) is 8.81. The van der Waals surface area contributed by atoms with E-state index >= 15 is 0 Å². The molecule has 0 fully saturated rings. The van der Waals surface area contributed by atoms with Gasteiger partial charge < -0.3 is 9.67 Å². The first kappa shape index (κ1) is 13.8. The standard InChI is InChI=1S/C14H14N2O4/c1-2-15-8-7-12(17)16(14(15)20)9-10-3-5-11(6-4-10)13(18)19/h3-8H,2,9H2,1H3,(H,18,19). The number of carboxylic acid groups (broad SMARTS) is 1. The second-order valence-corrected chi connectivity index (χ2v) is 4.31. The molecule has 1 aromatic heterocycles. The minimum Gasteiger partial charge on any atom is -0.478 e. The van der Waals surface area contributed by atoms with Gasteiger partial charge >= 0.3 is 11.7 Å². The van der Waals surface area contributed by atoms with E-state index in [0.717, 1.165) is 4.57 Å². The fourth-order valence-electron chi connectivity index (χ4n) is 1.88. The molecular formula is C14H14N2O4. The Hall–Kier alpha value is -2.63. The summed E-state index contributed by atoms with van der Waals surface area (Å²) in [6.45, 7) is 2.42. The topological polar surface area (TPSA) is 81.3 Å². The third-order valence-corrected chi connectivity index (χ3v) is 3.02. The van der Waals surface area contributed by atoms with Crippen LogP contribution in [0.25, 0.3) is 0 Å². The summed E-state index contributed by atoms with van der Waals surface area (Å²) in [5.74, 6) is -1.01. The lowest BCUT2D eigenvalue weighted by Crippen LogP contribution is -2.38. The molecular weight excluding hydrogens is 260 g/mol. The van der Waals surface area contributed by atoms with Crippen molar-refractivity contribution in [2.45, 2.75) is 20.0 Å². The van der Waals surface area contributed by atoms with E-state index in [-0.39, 0.29) is 23.4 Å². The van der Waals surface area contributed by atoms with E-state index in [0.29, 0.717) is 12.1 Å². The van der Waals surface area contributed by atoms with Crippen molar-refractivity contribution in [1.29, 1.82) is 0 Å². The average molecular weight is 274 g/mol. The van der Waals surface area contributed by atoms with E-state index in [9.17, 15) is 14.4 Å². The van der Waals surface area contributed by atoms with E-state index < -0.39 is 5.97 Å². The summed E-state index contributed by atoms with van der Waals surface area (Å²) >= 11 is 0. The predicted molar refractivity (Wildman–Crippen MR) is 73.1 cm³/mol. The maximum atomic E-state index is 12.0. The predicted octanol–water partition coefficient (Wildman–Crippen LogP) is 0.776. The molecule has 0 aliphatic carbocycles. The number of aryl methyl sites for hydroxylation is 1. The Morgan fingerprint density at radius 2 is 1.80 bits per heavy atom. The first-order valence-corrected chi connectivity index (χ1v) is 6.15. The van der Waals surface area contributed by atoms with Crippen molar-refractivity contribution in [2.75, 3.05) is 0 Å². The van der Waals surface area contributed by atoms with Crippen LogP contribution in [-0.4, -0.2) is 20.2 Å². The molecule has 0 atom stereocenters. The van der Waals surface area contributed by atoms with Crippen molar-refractivity contribution in [1.82, 2.24) is 9.13 Å². The maximum absolute atomic E-state index is 12.0. The van der Waals surface area contributed by atoms with Crippen LogP contribution in [0.15, 0.2) is 46.1 Å². The Kier molecular flexibility index (Phi) is 3.84. The molecule has 1 N–H and O–H groups in total. The molecule has 6 nitrogen and oxygen atoms in total. The van der Waals surface area contributed by atoms with Crippen LogP contribution in [0, 0.1) is 0 Å². The number of hydrogen-bond acceptors (Lipinski definition) is 3. The van der Waals surface area contributed by atoms with Crippen LogP contribution in [0.3, 0.4) is 0 Å². The van der Waals surface area contributed by atoms with Gasteiger partial charge in [0.15, 0.2) is 0 Å². The molecule has 0 saturated carbocycles. The van der Waals surface area contributed by atoms with Crippen molar-refractivity contribution in [3.05, 3.63) is 68.5 Å². The Bertz CT molecular complexity index is 741. The van der Waals surface area contributed by atoms with E-state index in [1.165, 1.54) is 29.0 Å². The molecule has 0 radical (unpaired) electrons. The number of benzene rings is 1. The smallest absolute Gasteiger partial charge is 0.335 e. The highest BCUT2D eigenvalue weighted by Gasteiger charge is 2.06. The van der Waals surface area contributed by atoms with Gasteiger partial charge in [-0.3, -0.25) is 9.36 Å². The minimum atomic E-state index is -1.01. The maximum Gasteiger partial charge on any atom is 0.335 e. The zero-order chi connectivity index (χ0) is 14.7. The Morgan fingerprint density at radius 1 is 1.15 bits per heavy atom. The first-order valence-electron chi connectivity index (χ1n) is 6.15. The van der Waals surface area contributed by atoms with Gasteiger partial charge in [0.2, 0.25) is 0 Å². The second-order valence-electron chi connectivity index (χ2n) is 4.31. The summed E-state index contributed by atoms with van der Waals surface area (Å²) in [7, 11) is 0. The third kappa shape index (κ3) is 2.69. The average Bonchev–Trinajstić information content (AvgIpc) is 2.44. The van der Waals surface area contributed by atoms with E-state index in [1.54, 1.807) is 12.1 Å². The quantitative estimate of drug-likeness (QED) is 0.893. The summed E-state index contributed by atoms with van der Waals surface area (Å²) < 4.78 is 2.56. The normalized spacial score (nSPS) is 10.4. The van der Waals surface area contributed by atoms with Crippen LogP contribution in [0.2, 0.25) is 0 Å². The number of aromatic nitrogens is 2. The van der Waals surface area contributed by atoms with Gasteiger partial charge in [-0.15, -0.1) is 0 Å². The van der Waals surface area contributed by atoms with Gasteiger partial charge in [0.1, 0.15) is 0 Å². The highest BCUT2D eigenvalue weighted by Crippen LogP contribution is 2.04. The minimum absolute atomic E-state index is 0.123. The number of carboxylic acids is 1. The van der Waals surface area contributed by atoms with Crippen LogP contribution in [0.5, 0.6) is 0 Å². The Labute approximate surface area is 114 Å². The Morgan fingerprint density at radius 3 is 2.35 bits per heavy atom. The molecule has 20 heavy (non-hydrogen) atoms. The SMILES string of the molecule is CCn1ccc(=O)n(Cc2ccc(C(=O)O)cc2)c1=O. The third-order valence-electron chi connectivity index (χ3n) is 3.02. The largest absolute Gasteiger partial charge is 0.478 e. The molecule has 0 bridgehead atoms. The highest BCUT2D eigenvalue weighted by molar-refractivity contribution is 5.87. The first-order chi connectivity index (χ1) is 9.52. The van der Waals surface area contributed by atoms with E-state index in [1.807, 2.05) is 6.92 Å². The van der Waals surface area contributed by atoms with Crippen LogP contribution in [-0.2, 0) is 13.1 Å². The number of aromatic carboxylic acids is 1. The molecule has 1 heterocycles. The van der Waals surface area contributed by atoms with Gasteiger partial charge in [0, 0.05) is 18.8 Å². The summed E-state index contributed by atoms with van der Waals surface area (Å²) in [5.41, 5.74) is 0.118. The summed E-state index contributed by atoms with van der Waals surface area (Å²) in [6.07, 6.45) is 1.47. The fourth-order valence-corrected chi connectivity index (χ4v) is 1.88.